The summed E-state index contributed by atoms with van der Waals surface area (Å²) in [4.78, 5) is 24.6. The van der Waals surface area contributed by atoms with Gasteiger partial charge in [-0.3, -0.25) is 10.1 Å². The van der Waals surface area contributed by atoms with Crippen LogP contribution in [0.3, 0.4) is 0 Å². The fourth-order valence-corrected chi connectivity index (χ4v) is 2.07. The lowest BCUT2D eigenvalue weighted by atomic mass is 10.0. The van der Waals surface area contributed by atoms with E-state index in [4.69, 9.17) is 4.74 Å². The molecular formula is C10H16N2O3. The topological polar surface area (TPSA) is 58.6 Å². The van der Waals surface area contributed by atoms with Crippen molar-refractivity contribution in [3.05, 3.63) is 0 Å². The van der Waals surface area contributed by atoms with Gasteiger partial charge in [0.05, 0.1) is 5.92 Å². The Bertz CT molecular complexity index is 274. The number of urea groups is 1. The molecule has 0 aromatic carbocycles. The lowest BCUT2D eigenvalue weighted by molar-refractivity contribution is -0.126. The quantitative estimate of drug-likeness (QED) is 0.682. The number of carbonyl (C=O) groups excluding carboxylic acids is 2. The highest BCUT2D eigenvalue weighted by Crippen LogP contribution is 2.18. The van der Waals surface area contributed by atoms with E-state index in [2.05, 4.69) is 5.32 Å². The van der Waals surface area contributed by atoms with Crippen molar-refractivity contribution in [2.24, 2.45) is 5.92 Å². The Hall–Kier alpha value is -1.10. The van der Waals surface area contributed by atoms with Gasteiger partial charge in [-0.15, -0.1) is 0 Å². The first-order valence-corrected chi connectivity index (χ1v) is 5.37. The fourth-order valence-electron chi connectivity index (χ4n) is 2.07. The summed E-state index contributed by atoms with van der Waals surface area (Å²) in [5.41, 5.74) is 0. The van der Waals surface area contributed by atoms with Gasteiger partial charge in [0, 0.05) is 25.8 Å². The normalized spacial score (nSPS) is 29.1. The summed E-state index contributed by atoms with van der Waals surface area (Å²) < 4.78 is 5.25. The third-order valence-electron chi connectivity index (χ3n) is 3.04. The van der Waals surface area contributed by atoms with E-state index in [9.17, 15) is 9.59 Å². The zero-order valence-electron chi connectivity index (χ0n) is 8.86. The molecule has 2 saturated heterocycles. The van der Waals surface area contributed by atoms with Crippen molar-refractivity contribution in [2.75, 3.05) is 19.8 Å². The van der Waals surface area contributed by atoms with Gasteiger partial charge in [0.2, 0.25) is 5.91 Å². The minimum Gasteiger partial charge on any atom is -0.381 e. The fraction of sp³-hybridized carbons (Fsp3) is 0.800. The van der Waals surface area contributed by atoms with Gasteiger partial charge >= 0.3 is 6.03 Å². The Kier molecular flexibility index (Phi) is 2.90. The molecule has 1 atom stereocenters. The van der Waals surface area contributed by atoms with Crippen LogP contribution in [0.25, 0.3) is 0 Å². The number of hydrogen-bond donors (Lipinski definition) is 1. The second kappa shape index (κ2) is 4.18. The highest BCUT2D eigenvalue weighted by Gasteiger charge is 2.34. The molecule has 3 amide bonds. The molecule has 0 saturated carbocycles. The third kappa shape index (κ3) is 2.12. The van der Waals surface area contributed by atoms with Crippen LogP contribution in [-0.2, 0) is 9.53 Å². The maximum absolute atomic E-state index is 11.6. The Labute approximate surface area is 88.8 Å². The summed E-state index contributed by atoms with van der Waals surface area (Å²) in [5, 5.41) is 2.38. The Morgan fingerprint density at radius 2 is 2.00 bits per heavy atom. The first-order chi connectivity index (χ1) is 7.18. The van der Waals surface area contributed by atoms with Crippen molar-refractivity contribution >= 4 is 11.9 Å². The largest absolute Gasteiger partial charge is 0.381 e. The Balaban J connectivity index is 2.01. The molecule has 15 heavy (non-hydrogen) atoms. The van der Waals surface area contributed by atoms with Crippen LogP contribution in [0, 0.1) is 5.92 Å². The molecule has 5 nitrogen and oxygen atoms in total. The monoisotopic (exact) mass is 212 g/mol. The van der Waals surface area contributed by atoms with E-state index in [1.165, 1.54) is 0 Å². The van der Waals surface area contributed by atoms with Crippen LogP contribution in [-0.4, -0.2) is 42.6 Å². The van der Waals surface area contributed by atoms with E-state index in [0.29, 0.717) is 19.8 Å². The summed E-state index contributed by atoms with van der Waals surface area (Å²) in [5.74, 6) is -0.270. The molecule has 2 aliphatic rings. The lowest BCUT2D eigenvalue weighted by Crippen LogP contribution is -2.57. The van der Waals surface area contributed by atoms with E-state index in [-0.39, 0.29) is 23.9 Å². The summed E-state index contributed by atoms with van der Waals surface area (Å²) >= 11 is 0. The molecule has 1 N–H and O–H groups in total. The Morgan fingerprint density at radius 3 is 2.67 bits per heavy atom. The van der Waals surface area contributed by atoms with Crippen LogP contribution >= 0.6 is 0 Å². The molecule has 2 aliphatic heterocycles. The van der Waals surface area contributed by atoms with Gasteiger partial charge in [-0.25, -0.2) is 4.79 Å². The number of amides is 3. The van der Waals surface area contributed by atoms with Crippen molar-refractivity contribution in [2.45, 2.75) is 25.8 Å². The van der Waals surface area contributed by atoms with Gasteiger partial charge < -0.3 is 9.64 Å². The number of rotatable bonds is 1. The van der Waals surface area contributed by atoms with E-state index in [0.717, 1.165) is 12.8 Å². The molecule has 2 heterocycles. The molecule has 0 aromatic heterocycles. The van der Waals surface area contributed by atoms with Gasteiger partial charge in [-0.2, -0.15) is 0 Å². The van der Waals surface area contributed by atoms with Gasteiger partial charge in [0.25, 0.3) is 0 Å². The number of nitrogens with zero attached hydrogens (tertiary/aromatic N) is 1. The average molecular weight is 212 g/mol. The molecule has 0 aromatic rings. The number of imide groups is 1. The van der Waals surface area contributed by atoms with Gasteiger partial charge in [-0.1, -0.05) is 6.92 Å². The highest BCUT2D eigenvalue weighted by molar-refractivity contribution is 5.97. The average Bonchev–Trinajstić information content (AvgIpc) is 2.25. The molecule has 0 bridgehead atoms. The van der Waals surface area contributed by atoms with Gasteiger partial charge in [-0.05, 0) is 12.8 Å². The zero-order chi connectivity index (χ0) is 10.8. The van der Waals surface area contributed by atoms with Crippen molar-refractivity contribution in [1.82, 2.24) is 10.2 Å². The van der Waals surface area contributed by atoms with Crippen molar-refractivity contribution in [1.29, 1.82) is 0 Å². The molecule has 2 fully saturated rings. The highest BCUT2D eigenvalue weighted by atomic mass is 16.5. The number of ether oxygens (including phenoxy) is 1. The molecule has 1 unspecified atom stereocenters. The first kappa shape index (κ1) is 10.4. The SMILES string of the molecule is CC1CN(C2CCOCC2)C(=O)NC1=O. The van der Waals surface area contributed by atoms with E-state index < -0.39 is 0 Å². The van der Waals surface area contributed by atoms with Gasteiger partial charge in [0.15, 0.2) is 0 Å². The molecule has 0 aliphatic carbocycles. The molecule has 2 rings (SSSR count). The molecule has 84 valence electrons. The third-order valence-corrected chi connectivity index (χ3v) is 3.04. The van der Waals surface area contributed by atoms with E-state index in [1.807, 2.05) is 6.92 Å². The smallest absolute Gasteiger partial charge is 0.324 e. The predicted molar refractivity (Wildman–Crippen MR) is 53.2 cm³/mol. The van der Waals surface area contributed by atoms with Crippen LogP contribution in [0.5, 0.6) is 0 Å². The van der Waals surface area contributed by atoms with Crippen LogP contribution in [0.15, 0.2) is 0 Å². The molecule has 0 radical (unpaired) electrons. The second-order valence-corrected chi connectivity index (χ2v) is 4.19. The summed E-state index contributed by atoms with van der Waals surface area (Å²) in [6, 6.07) is -0.0145. The number of carbonyl (C=O) groups is 2. The summed E-state index contributed by atoms with van der Waals surface area (Å²) in [7, 11) is 0. The van der Waals surface area contributed by atoms with Crippen LogP contribution in [0.2, 0.25) is 0 Å². The first-order valence-electron chi connectivity index (χ1n) is 5.37. The zero-order valence-corrected chi connectivity index (χ0v) is 8.86. The van der Waals surface area contributed by atoms with Crippen LogP contribution in [0.1, 0.15) is 19.8 Å². The maximum atomic E-state index is 11.6. The standard InChI is InChI=1S/C10H16N2O3/c1-7-6-12(10(14)11-9(7)13)8-2-4-15-5-3-8/h7-8H,2-6H2,1H3,(H,11,13,14). The molecular weight excluding hydrogens is 196 g/mol. The van der Waals surface area contributed by atoms with Crippen molar-refractivity contribution < 1.29 is 14.3 Å². The second-order valence-electron chi connectivity index (χ2n) is 4.19. The van der Waals surface area contributed by atoms with Crippen molar-refractivity contribution in [3.63, 3.8) is 0 Å². The minimum absolute atomic E-state index is 0.106. The lowest BCUT2D eigenvalue weighted by Gasteiger charge is -2.38. The van der Waals surface area contributed by atoms with E-state index in [1.54, 1.807) is 4.90 Å². The number of hydrogen-bond acceptors (Lipinski definition) is 3. The number of nitrogens with one attached hydrogen (secondary N) is 1. The molecule has 0 spiro atoms. The summed E-state index contributed by atoms with van der Waals surface area (Å²) in [6.07, 6.45) is 1.74. The van der Waals surface area contributed by atoms with Crippen molar-refractivity contribution in [3.8, 4) is 0 Å². The predicted octanol–water partition coefficient (Wildman–Crippen LogP) is 0.353. The minimum atomic E-state index is -0.245. The summed E-state index contributed by atoms with van der Waals surface area (Å²) in [6.45, 7) is 3.79. The molecule has 5 heteroatoms. The maximum Gasteiger partial charge on any atom is 0.324 e. The van der Waals surface area contributed by atoms with Gasteiger partial charge in [0.1, 0.15) is 0 Å². The van der Waals surface area contributed by atoms with Crippen LogP contribution in [0.4, 0.5) is 4.79 Å². The van der Waals surface area contributed by atoms with E-state index >= 15 is 0 Å². The van der Waals surface area contributed by atoms with Crippen LogP contribution < -0.4 is 5.32 Å². The Morgan fingerprint density at radius 1 is 1.33 bits per heavy atom.